The van der Waals surface area contributed by atoms with Gasteiger partial charge >= 0.3 is 0 Å². The van der Waals surface area contributed by atoms with Crippen molar-refractivity contribution in [1.82, 2.24) is 20.2 Å². The van der Waals surface area contributed by atoms with Crippen LogP contribution in [0, 0.1) is 5.92 Å². The first-order chi connectivity index (χ1) is 9.74. The van der Waals surface area contributed by atoms with E-state index in [0.717, 1.165) is 49.6 Å². The van der Waals surface area contributed by atoms with Gasteiger partial charge in [0.1, 0.15) is 0 Å². The summed E-state index contributed by atoms with van der Waals surface area (Å²) in [4.78, 5) is 23.0. The molecule has 108 valence electrons. The van der Waals surface area contributed by atoms with Crippen molar-refractivity contribution >= 4 is 17.7 Å². The summed E-state index contributed by atoms with van der Waals surface area (Å²) in [6, 6.07) is 0.307. The highest BCUT2D eigenvalue weighted by Gasteiger charge is 2.32. The minimum absolute atomic E-state index is 0.147. The zero-order chi connectivity index (χ0) is 13.9. The maximum absolute atomic E-state index is 12.0. The number of nitrogens with one attached hydrogen (secondary N) is 1. The van der Waals surface area contributed by atoms with Crippen LogP contribution < -0.4 is 5.32 Å². The minimum Gasteiger partial charge on any atom is -0.352 e. The van der Waals surface area contributed by atoms with E-state index in [4.69, 9.17) is 0 Å². The molecule has 0 radical (unpaired) electrons. The molecule has 2 saturated heterocycles. The second kappa shape index (κ2) is 6.10. The number of thioether (sulfide) groups is 1. The number of amides is 1. The summed E-state index contributed by atoms with van der Waals surface area (Å²) in [6.45, 7) is 2.62. The van der Waals surface area contributed by atoms with E-state index >= 15 is 0 Å². The lowest BCUT2D eigenvalue weighted by Crippen LogP contribution is -2.38. The number of carbonyl (C=O) groups is 1. The maximum atomic E-state index is 12.0. The van der Waals surface area contributed by atoms with Crippen LogP contribution in [0.5, 0.6) is 0 Å². The highest BCUT2D eigenvalue weighted by atomic mass is 32.2. The summed E-state index contributed by atoms with van der Waals surface area (Å²) in [7, 11) is 0. The third-order valence-electron chi connectivity index (χ3n) is 4.05. The number of hydrogen-bond donors (Lipinski definition) is 1. The molecular formula is C14H20N4OS. The van der Waals surface area contributed by atoms with Crippen molar-refractivity contribution in [1.29, 1.82) is 0 Å². The Labute approximate surface area is 123 Å². The van der Waals surface area contributed by atoms with Gasteiger partial charge in [0.15, 0.2) is 5.16 Å². The van der Waals surface area contributed by atoms with Crippen molar-refractivity contribution in [2.45, 2.75) is 37.0 Å². The Morgan fingerprint density at radius 1 is 1.35 bits per heavy atom. The molecule has 1 aromatic heterocycles. The first-order valence-corrected chi connectivity index (χ1v) is 8.34. The van der Waals surface area contributed by atoms with Crippen molar-refractivity contribution in [3.63, 3.8) is 0 Å². The molecule has 1 aromatic rings. The zero-order valence-corrected chi connectivity index (χ0v) is 12.5. The number of hydrogen-bond acceptors (Lipinski definition) is 5. The van der Waals surface area contributed by atoms with Crippen LogP contribution in [-0.2, 0) is 11.3 Å². The summed E-state index contributed by atoms with van der Waals surface area (Å²) < 4.78 is 0. The van der Waals surface area contributed by atoms with Gasteiger partial charge in [-0.1, -0.05) is 18.2 Å². The topological polar surface area (TPSA) is 58.1 Å². The second-order valence-corrected chi connectivity index (χ2v) is 6.38. The van der Waals surface area contributed by atoms with Crippen molar-refractivity contribution < 1.29 is 4.79 Å². The fourth-order valence-corrected chi connectivity index (χ4v) is 3.38. The fraction of sp³-hybridized carbons (Fsp3) is 0.643. The van der Waals surface area contributed by atoms with Crippen LogP contribution in [0.1, 0.15) is 24.8 Å². The SMILES string of the molecule is CSc1ncc(CN2C[C@@H]3CCC[C@H](C2)C(=O)N3)cn1. The quantitative estimate of drug-likeness (QED) is 0.672. The van der Waals surface area contributed by atoms with Crippen LogP contribution in [-0.4, -0.2) is 46.2 Å². The Hall–Kier alpha value is -1.14. The Kier molecular flexibility index (Phi) is 4.21. The summed E-state index contributed by atoms with van der Waals surface area (Å²) in [6.07, 6.45) is 9.04. The molecule has 2 atom stereocenters. The van der Waals surface area contributed by atoms with Gasteiger partial charge in [-0.05, 0) is 19.1 Å². The molecule has 1 N–H and O–H groups in total. The van der Waals surface area contributed by atoms with Crippen LogP contribution in [0.15, 0.2) is 17.6 Å². The third kappa shape index (κ3) is 3.12. The summed E-state index contributed by atoms with van der Waals surface area (Å²) in [5.41, 5.74) is 1.12. The van der Waals surface area contributed by atoms with Crippen LogP contribution in [0.25, 0.3) is 0 Å². The molecule has 20 heavy (non-hydrogen) atoms. The smallest absolute Gasteiger partial charge is 0.224 e. The lowest BCUT2D eigenvalue weighted by Gasteiger charge is -2.27. The largest absolute Gasteiger partial charge is 0.352 e. The highest BCUT2D eigenvalue weighted by Crippen LogP contribution is 2.22. The molecule has 3 heterocycles. The number of carbonyl (C=O) groups excluding carboxylic acids is 1. The molecule has 0 unspecified atom stereocenters. The average Bonchev–Trinajstić information content (AvgIpc) is 2.68. The van der Waals surface area contributed by atoms with E-state index in [0.29, 0.717) is 6.04 Å². The predicted molar refractivity (Wildman–Crippen MR) is 78.4 cm³/mol. The maximum Gasteiger partial charge on any atom is 0.224 e. The van der Waals surface area contributed by atoms with Crippen molar-refractivity contribution in [3.05, 3.63) is 18.0 Å². The molecule has 0 spiro atoms. The molecule has 2 bridgehead atoms. The Morgan fingerprint density at radius 2 is 2.15 bits per heavy atom. The Morgan fingerprint density at radius 3 is 2.90 bits per heavy atom. The molecule has 5 nitrogen and oxygen atoms in total. The number of likely N-dealkylation sites (tertiary alicyclic amines) is 1. The van der Waals surface area contributed by atoms with Gasteiger partial charge in [0, 0.05) is 43.6 Å². The summed E-state index contributed by atoms with van der Waals surface area (Å²) in [5, 5.41) is 3.96. The first-order valence-electron chi connectivity index (χ1n) is 7.12. The summed E-state index contributed by atoms with van der Waals surface area (Å²) in [5.74, 6) is 0.387. The fourth-order valence-electron chi connectivity index (χ4n) is 3.06. The van der Waals surface area contributed by atoms with E-state index in [1.165, 1.54) is 0 Å². The van der Waals surface area contributed by atoms with E-state index in [1.807, 2.05) is 18.6 Å². The minimum atomic E-state index is 0.147. The lowest BCUT2D eigenvalue weighted by molar-refractivity contribution is -0.124. The molecular weight excluding hydrogens is 272 g/mol. The number of rotatable bonds is 3. The van der Waals surface area contributed by atoms with Crippen molar-refractivity contribution in [2.24, 2.45) is 5.92 Å². The van der Waals surface area contributed by atoms with Gasteiger partial charge in [-0.2, -0.15) is 0 Å². The van der Waals surface area contributed by atoms with E-state index in [1.54, 1.807) is 11.8 Å². The van der Waals surface area contributed by atoms with Crippen LogP contribution in [0.3, 0.4) is 0 Å². The zero-order valence-electron chi connectivity index (χ0n) is 11.7. The first kappa shape index (κ1) is 13.8. The molecule has 0 saturated carbocycles. The molecule has 2 fully saturated rings. The van der Waals surface area contributed by atoms with E-state index in [-0.39, 0.29) is 11.8 Å². The molecule has 6 heteroatoms. The Balaban J connectivity index is 1.69. The monoisotopic (exact) mass is 292 g/mol. The van der Waals surface area contributed by atoms with Gasteiger partial charge in [-0.3, -0.25) is 9.69 Å². The van der Waals surface area contributed by atoms with Crippen molar-refractivity contribution in [2.75, 3.05) is 19.3 Å². The van der Waals surface area contributed by atoms with Gasteiger partial charge in [0.05, 0.1) is 5.92 Å². The number of fused-ring (bicyclic) bond motifs is 3. The van der Waals surface area contributed by atoms with E-state index < -0.39 is 0 Å². The standard InChI is InChI=1S/C14H20N4OS/c1-20-14-15-5-10(6-16-14)7-18-8-11-3-2-4-12(9-18)17-13(11)19/h5-6,11-12H,2-4,7-9H2,1H3,(H,17,19)/t11-,12+/m1/s1. The number of nitrogens with zero attached hydrogens (tertiary/aromatic N) is 3. The van der Waals surface area contributed by atoms with Gasteiger partial charge in [-0.25, -0.2) is 9.97 Å². The van der Waals surface area contributed by atoms with Gasteiger partial charge in [0.2, 0.25) is 5.91 Å². The van der Waals surface area contributed by atoms with Crippen LogP contribution in [0.4, 0.5) is 0 Å². The van der Waals surface area contributed by atoms with Gasteiger partial charge in [-0.15, -0.1) is 0 Å². The number of aromatic nitrogens is 2. The highest BCUT2D eigenvalue weighted by molar-refractivity contribution is 7.98. The molecule has 0 aliphatic carbocycles. The van der Waals surface area contributed by atoms with Crippen molar-refractivity contribution in [3.8, 4) is 0 Å². The summed E-state index contributed by atoms with van der Waals surface area (Å²) >= 11 is 1.55. The van der Waals surface area contributed by atoms with Crippen LogP contribution >= 0.6 is 11.8 Å². The normalized spacial score (nSPS) is 26.9. The molecule has 0 aromatic carbocycles. The van der Waals surface area contributed by atoms with Gasteiger partial charge < -0.3 is 5.32 Å². The van der Waals surface area contributed by atoms with Crippen LogP contribution in [0.2, 0.25) is 0 Å². The van der Waals surface area contributed by atoms with E-state index in [9.17, 15) is 4.79 Å². The average molecular weight is 292 g/mol. The van der Waals surface area contributed by atoms with E-state index in [2.05, 4.69) is 20.2 Å². The second-order valence-electron chi connectivity index (χ2n) is 5.61. The predicted octanol–water partition coefficient (Wildman–Crippen LogP) is 1.30. The molecule has 1 amide bonds. The molecule has 2 aliphatic rings. The lowest BCUT2D eigenvalue weighted by atomic mass is 9.99. The third-order valence-corrected chi connectivity index (χ3v) is 4.63. The molecule has 3 rings (SSSR count). The van der Waals surface area contributed by atoms with Gasteiger partial charge in [0.25, 0.3) is 0 Å². The molecule has 2 aliphatic heterocycles. The Bertz CT molecular complexity index is 479.